The van der Waals surface area contributed by atoms with Crippen LogP contribution in [-0.2, 0) is 4.79 Å². The second kappa shape index (κ2) is 7.92. The van der Waals surface area contributed by atoms with E-state index in [-0.39, 0.29) is 17.9 Å². The molecule has 0 spiro atoms. The summed E-state index contributed by atoms with van der Waals surface area (Å²) in [6.45, 7) is 3.70. The molecule has 27 heavy (non-hydrogen) atoms. The van der Waals surface area contributed by atoms with Gasteiger partial charge in [0.1, 0.15) is 0 Å². The Morgan fingerprint density at radius 2 is 1.74 bits per heavy atom. The van der Waals surface area contributed by atoms with Crippen LogP contribution in [0.25, 0.3) is 5.13 Å². The molecular formula is C20H23N5OS. The molecule has 1 N–H and O–H groups in total. The number of nitrogens with one attached hydrogen (secondary N) is 1. The third kappa shape index (κ3) is 4.03. The van der Waals surface area contributed by atoms with Crippen molar-refractivity contribution in [3.8, 4) is 5.13 Å². The number of benzene rings is 1. The largest absolute Gasteiger partial charge is 0.349 e. The zero-order valence-corrected chi connectivity index (χ0v) is 16.1. The summed E-state index contributed by atoms with van der Waals surface area (Å²) in [7, 11) is 0. The first-order chi connectivity index (χ1) is 13.2. The van der Waals surface area contributed by atoms with Crippen LogP contribution in [0, 0.1) is 5.92 Å². The van der Waals surface area contributed by atoms with Gasteiger partial charge in [0.25, 0.3) is 0 Å². The van der Waals surface area contributed by atoms with Gasteiger partial charge in [-0.25, -0.2) is 0 Å². The molecule has 140 valence electrons. The maximum absolute atomic E-state index is 12.6. The van der Waals surface area contributed by atoms with E-state index in [4.69, 9.17) is 0 Å². The van der Waals surface area contributed by atoms with Crippen LogP contribution in [0.1, 0.15) is 31.4 Å². The van der Waals surface area contributed by atoms with E-state index in [9.17, 15) is 4.79 Å². The van der Waals surface area contributed by atoms with E-state index in [0.717, 1.165) is 41.8 Å². The van der Waals surface area contributed by atoms with E-state index >= 15 is 0 Å². The van der Waals surface area contributed by atoms with Gasteiger partial charge in [-0.15, -0.1) is 10.2 Å². The molecule has 0 aliphatic carbocycles. The monoisotopic (exact) mass is 381 g/mol. The summed E-state index contributed by atoms with van der Waals surface area (Å²) < 4.78 is 1.96. The maximum Gasteiger partial charge on any atom is 0.223 e. The number of piperidine rings is 1. The smallest absolute Gasteiger partial charge is 0.223 e. The quantitative estimate of drug-likeness (QED) is 0.736. The Morgan fingerprint density at radius 3 is 2.44 bits per heavy atom. The van der Waals surface area contributed by atoms with E-state index in [0.29, 0.717) is 0 Å². The second-order valence-corrected chi connectivity index (χ2v) is 7.79. The minimum atomic E-state index is 0.0315. The van der Waals surface area contributed by atoms with Crippen LogP contribution in [0.5, 0.6) is 0 Å². The Balaban J connectivity index is 1.31. The van der Waals surface area contributed by atoms with Gasteiger partial charge in [-0.05, 0) is 37.5 Å². The lowest BCUT2D eigenvalue weighted by molar-refractivity contribution is -0.126. The van der Waals surface area contributed by atoms with Gasteiger partial charge in [-0.1, -0.05) is 41.7 Å². The van der Waals surface area contributed by atoms with Gasteiger partial charge in [-0.3, -0.25) is 9.36 Å². The highest BCUT2D eigenvalue weighted by Gasteiger charge is 2.27. The van der Waals surface area contributed by atoms with Crippen LogP contribution < -0.4 is 10.2 Å². The number of hydrogen-bond acceptors (Lipinski definition) is 5. The van der Waals surface area contributed by atoms with Gasteiger partial charge in [0.2, 0.25) is 16.2 Å². The average molecular weight is 382 g/mol. The Labute approximate surface area is 162 Å². The maximum atomic E-state index is 12.6. The molecule has 1 fully saturated rings. The summed E-state index contributed by atoms with van der Waals surface area (Å²) >= 11 is 1.58. The van der Waals surface area contributed by atoms with Gasteiger partial charge in [-0.2, -0.15) is 0 Å². The van der Waals surface area contributed by atoms with Crippen molar-refractivity contribution in [1.82, 2.24) is 20.1 Å². The van der Waals surface area contributed by atoms with Gasteiger partial charge in [0, 0.05) is 31.4 Å². The molecule has 1 aliphatic heterocycles. The van der Waals surface area contributed by atoms with Crippen molar-refractivity contribution in [3.05, 3.63) is 60.4 Å². The number of carbonyl (C=O) groups excluding carboxylic acids is 1. The summed E-state index contributed by atoms with van der Waals surface area (Å²) in [5.74, 6) is 0.209. The van der Waals surface area contributed by atoms with Gasteiger partial charge >= 0.3 is 0 Å². The number of anilines is 1. The molecule has 4 rings (SSSR count). The molecule has 1 aliphatic rings. The van der Waals surface area contributed by atoms with E-state index in [2.05, 4.69) is 20.4 Å². The molecule has 0 saturated carbocycles. The predicted octanol–water partition coefficient (Wildman–Crippen LogP) is 3.42. The summed E-state index contributed by atoms with van der Waals surface area (Å²) in [5.41, 5.74) is 1.13. The molecule has 3 aromatic rings. The standard InChI is InChI=1S/C20H23N5OS/c1-15(16-7-3-2-4-8-16)21-18(26)17-9-13-25(14-10-17)20-23-22-19(27-20)24-11-5-6-12-24/h2-8,11-12,15,17H,9-10,13-14H2,1H3,(H,21,26)/t15-/m0/s1. The summed E-state index contributed by atoms with van der Waals surface area (Å²) in [5, 5.41) is 13.5. The van der Waals surface area contributed by atoms with Crippen molar-refractivity contribution in [3.63, 3.8) is 0 Å². The van der Waals surface area contributed by atoms with Crippen molar-refractivity contribution >= 4 is 22.4 Å². The number of rotatable bonds is 5. The van der Waals surface area contributed by atoms with E-state index in [1.807, 2.05) is 66.3 Å². The number of carbonyl (C=O) groups is 1. The Hall–Kier alpha value is -2.67. The highest BCUT2D eigenvalue weighted by molar-refractivity contribution is 7.17. The van der Waals surface area contributed by atoms with E-state index in [1.165, 1.54) is 0 Å². The first-order valence-corrected chi connectivity index (χ1v) is 10.1. The summed E-state index contributed by atoms with van der Waals surface area (Å²) in [4.78, 5) is 14.9. The molecule has 3 heterocycles. The molecule has 1 atom stereocenters. The van der Waals surface area contributed by atoms with E-state index in [1.54, 1.807) is 11.3 Å². The average Bonchev–Trinajstić information content (AvgIpc) is 3.40. The third-order valence-corrected chi connectivity index (χ3v) is 6.02. The number of hydrogen-bond donors (Lipinski definition) is 1. The molecule has 2 aromatic heterocycles. The van der Waals surface area contributed by atoms with E-state index < -0.39 is 0 Å². The topological polar surface area (TPSA) is 63.1 Å². The van der Waals surface area contributed by atoms with Crippen molar-refractivity contribution in [2.24, 2.45) is 5.92 Å². The predicted molar refractivity (Wildman–Crippen MR) is 107 cm³/mol. The van der Waals surface area contributed by atoms with Gasteiger partial charge in [0.15, 0.2) is 0 Å². The van der Waals surface area contributed by atoms with Crippen LogP contribution in [0.3, 0.4) is 0 Å². The normalized spacial score (nSPS) is 16.3. The van der Waals surface area contributed by atoms with Crippen LogP contribution in [0.4, 0.5) is 5.13 Å². The van der Waals surface area contributed by atoms with Crippen LogP contribution in [0.15, 0.2) is 54.9 Å². The second-order valence-electron chi connectivity index (χ2n) is 6.86. The molecule has 0 unspecified atom stereocenters. The SMILES string of the molecule is C[C@H](NC(=O)C1CCN(c2nnc(-n3cccc3)s2)CC1)c1ccccc1. The minimum absolute atomic E-state index is 0.0315. The molecule has 0 radical (unpaired) electrons. The molecule has 6 nitrogen and oxygen atoms in total. The van der Waals surface area contributed by atoms with Crippen LogP contribution in [0.2, 0.25) is 0 Å². The number of aromatic nitrogens is 3. The zero-order chi connectivity index (χ0) is 18.6. The first kappa shape index (κ1) is 17.7. The van der Waals surface area contributed by atoms with Crippen molar-refractivity contribution < 1.29 is 4.79 Å². The van der Waals surface area contributed by atoms with Crippen molar-refractivity contribution in [1.29, 1.82) is 0 Å². The van der Waals surface area contributed by atoms with Crippen LogP contribution >= 0.6 is 11.3 Å². The molecule has 1 saturated heterocycles. The molecular weight excluding hydrogens is 358 g/mol. The van der Waals surface area contributed by atoms with Gasteiger partial charge < -0.3 is 10.2 Å². The Bertz CT molecular complexity index is 869. The lowest BCUT2D eigenvalue weighted by Crippen LogP contribution is -2.41. The Kier molecular flexibility index (Phi) is 5.20. The summed E-state index contributed by atoms with van der Waals surface area (Å²) in [6.07, 6.45) is 5.61. The fourth-order valence-corrected chi connectivity index (χ4v) is 4.26. The highest BCUT2D eigenvalue weighted by Crippen LogP contribution is 2.28. The lowest BCUT2D eigenvalue weighted by Gasteiger charge is -2.31. The first-order valence-electron chi connectivity index (χ1n) is 9.28. The van der Waals surface area contributed by atoms with Crippen molar-refractivity contribution in [2.45, 2.75) is 25.8 Å². The lowest BCUT2D eigenvalue weighted by atomic mass is 9.95. The number of amides is 1. The molecule has 7 heteroatoms. The number of nitrogens with zero attached hydrogens (tertiary/aromatic N) is 4. The molecule has 1 amide bonds. The van der Waals surface area contributed by atoms with Crippen molar-refractivity contribution in [2.75, 3.05) is 18.0 Å². The fraction of sp³-hybridized carbons (Fsp3) is 0.350. The molecule has 0 bridgehead atoms. The van der Waals surface area contributed by atoms with Gasteiger partial charge in [0.05, 0.1) is 6.04 Å². The highest BCUT2D eigenvalue weighted by atomic mass is 32.1. The minimum Gasteiger partial charge on any atom is -0.349 e. The molecule has 1 aromatic carbocycles. The zero-order valence-electron chi connectivity index (χ0n) is 15.3. The Morgan fingerprint density at radius 1 is 1.07 bits per heavy atom. The fourth-order valence-electron chi connectivity index (χ4n) is 3.39. The third-order valence-electron chi connectivity index (χ3n) is 5.02. The van der Waals surface area contributed by atoms with Crippen LogP contribution in [-0.4, -0.2) is 33.8 Å². The summed E-state index contributed by atoms with van der Waals surface area (Å²) in [6, 6.07) is 14.1.